The molecule has 108 valence electrons. The third-order valence-electron chi connectivity index (χ3n) is 3.22. The van der Waals surface area contributed by atoms with E-state index >= 15 is 0 Å². The van der Waals surface area contributed by atoms with E-state index in [1.165, 1.54) is 4.57 Å². The smallest absolute Gasteiger partial charge is 0.324 e. The van der Waals surface area contributed by atoms with Crippen LogP contribution in [0.5, 0.6) is 0 Å². The molecule has 2 rings (SSSR count). The van der Waals surface area contributed by atoms with Gasteiger partial charge in [0.2, 0.25) is 0 Å². The first kappa shape index (κ1) is 14.3. The van der Waals surface area contributed by atoms with Crippen LogP contribution in [-0.2, 0) is 19.5 Å². The third-order valence-corrected chi connectivity index (χ3v) is 3.22. The highest BCUT2D eigenvalue weighted by Crippen LogP contribution is 2.29. The summed E-state index contributed by atoms with van der Waals surface area (Å²) in [4.78, 5) is 4.32. The fourth-order valence-electron chi connectivity index (χ4n) is 2.29. The zero-order valence-electron chi connectivity index (χ0n) is 10.9. The fourth-order valence-corrected chi connectivity index (χ4v) is 2.29. The highest BCUT2D eigenvalue weighted by Gasteiger charge is 2.42. The molecular weight excluding hydrogens is 262 g/mol. The Kier molecular flexibility index (Phi) is 3.85. The standard InChI is InChI=1S/C12H17F4N3/c1-7(2)10-18-8-5-17-4-3-9(8)19(10)6-12(15,16)11(13)14/h7,11,17H,3-6H2,1-2H3. The van der Waals surface area contributed by atoms with Crippen LogP contribution in [0.25, 0.3) is 0 Å². The molecule has 1 aliphatic heterocycles. The Morgan fingerprint density at radius 1 is 1.37 bits per heavy atom. The number of alkyl halides is 4. The van der Waals surface area contributed by atoms with Crippen molar-refractivity contribution < 1.29 is 17.6 Å². The average molecular weight is 279 g/mol. The van der Waals surface area contributed by atoms with Crippen molar-refractivity contribution in [2.75, 3.05) is 6.54 Å². The van der Waals surface area contributed by atoms with Crippen molar-refractivity contribution in [3.63, 3.8) is 0 Å². The molecule has 1 N–H and O–H groups in total. The molecule has 7 heteroatoms. The van der Waals surface area contributed by atoms with Crippen molar-refractivity contribution in [1.29, 1.82) is 0 Å². The molecule has 19 heavy (non-hydrogen) atoms. The zero-order valence-corrected chi connectivity index (χ0v) is 10.9. The van der Waals surface area contributed by atoms with Gasteiger partial charge in [0.1, 0.15) is 5.82 Å². The first-order chi connectivity index (χ1) is 8.83. The summed E-state index contributed by atoms with van der Waals surface area (Å²) in [6.07, 6.45) is -3.12. The summed E-state index contributed by atoms with van der Waals surface area (Å²) in [5.41, 5.74) is 1.35. The molecule has 0 aliphatic carbocycles. The monoisotopic (exact) mass is 279 g/mol. The Balaban J connectivity index is 2.40. The van der Waals surface area contributed by atoms with Crippen LogP contribution in [0.2, 0.25) is 0 Å². The maximum atomic E-state index is 13.3. The quantitative estimate of drug-likeness (QED) is 0.858. The first-order valence-corrected chi connectivity index (χ1v) is 6.27. The molecule has 0 amide bonds. The Bertz CT molecular complexity index is 454. The van der Waals surface area contributed by atoms with E-state index in [4.69, 9.17) is 0 Å². The summed E-state index contributed by atoms with van der Waals surface area (Å²) in [5.74, 6) is -3.66. The molecule has 0 spiro atoms. The van der Waals surface area contributed by atoms with E-state index in [1.54, 1.807) is 0 Å². The fraction of sp³-hybridized carbons (Fsp3) is 0.750. The molecular formula is C12H17F4N3. The van der Waals surface area contributed by atoms with Crippen molar-refractivity contribution in [2.45, 2.75) is 51.6 Å². The van der Waals surface area contributed by atoms with Gasteiger partial charge in [0.25, 0.3) is 0 Å². The lowest BCUT2D eigenvalue weighted by molar-refractivity contribution is -0.138. The second-order valence-electron chi connectivity index (χ2n) is 5.09. The Labute approximate surface area is 109 Å². The summed E-state index contributed by atoms with van der Waals surface area (Å²) in [5, 5.41) is 3.09. The molecule has 1 aromatic rings. The lowest BCUT2D eigenvalue weighted by Crippen LogP contribution is -2.34. The van der Waals surface area contributed by atoms with Crippen molar-refractivity contribution >= 4 is 0 Å². The SMILES string of the molecule is CC(C)c1nc2c(n1CC(F)(F)C(F)F)CCNC2. The molecule has 1 aliphatic rings. The lowest BCUT2D eigenvalue weighted by atomic mass is 10.1. The molecule has 1 aromatic heterocycles. The van der Waals surface area contributed by atoms with E-state index in [9.17, 15) is 17.6 Å². The predicted molar refractivity (Wildman–Crippen MR) is 62.7 cm³/mol. The second-order valence-corrected chi connectivity index (χ2v) is 5.09. The summed E-state index contributed by atoms with van der Waals surface area (Å²) >= 11 is 0. The maximum Gasteiger partial charge on any atom is 0.324 e. The van der Waals surface area contributed by atoms with E-state index in [0.717, 1.165) is 0 Å². The van der Waals surface area contributed by atoms with Gasteiger partial charge in [-0.3, -0.25) is 0 Å². The molecule has 0 fully saturated rings. The van der Waals surface area contributed by atoms with Gasteiger partial charge in [-0.25, -0.2) is 13.8 Å². The summed E-state index contributed by atoms with van der Waals surface area (Å²) in [6, 6.07) is 0. The topological polar surface area (TPSA) is 29.9 Å². The van der Waals surface area contributed by atoms with Crippen molar-refractivity contribution in [2.24, 2.45) is 0 Å². The lowest BCUT2D eigenvalue weighted by Gasteiger charge is -2.21. The first-order valence-electron chi connectivity index (χ1n) is 6.27. The largest absolute Gasteiger partial charge is 0.325 e. The van der Waals surface area contributed by atoms with Crippen molar-refractivity contribution in [3.05, 3.63) is 17.2 Å². The molecule has 0 aromatic carbocycles. The van der Waals surface area contributed by atoms with Gasteiger partial charge in [0, 0.05) is 31.1 Å². The minimum atomic E-state index is -4.02. The number of aromatic nitrogens is 2. The van der Waals surface area contributed by atoms with E-state index in [-0.39, 0.29) is 5.92 Å². The highest BCUT2D eigenvalue weighted by atomic mass is 19.3. The molecule has 0 saturated carbocycles. The van der Waals surface area contributed by atoms with Gasteiger partial charge in [-0.2, -0.15) is 8.78 Å². The Morgan fingerprint density at radius 2 is 2.05 bits per heavy atom. The third kappa shape index (κ3) is 2.75. The van der Waals surface area contributed by atoms with Crippen LogP contribution in [-0.4, -0.2) is 28.4 Å². The van der Waals surface area contributed by atoms with Gasteiger partial charge < -0.3 is 9.88 Å². The number of nitrogens with one attached hydrogen (secondary N) is 1. The molecule has 0 saturated heterocycles. The van der Waals surface area contributed by atoms with Crippen LogP contribution in [0.1, 0.15) is 37.0 Å². The van der Waals surface area contributed by atoms with Gasteiger partial charge in [0.15, 0.2) is 0 Å². The van der Waals surface area contributed by atoms with Crippen LogP contribution >= 0.6 is 0 Å². The number of rotatable bonds is 4. The molecule has 2 heterocycles. The van der Waals surface area contributed by atoms with Crippen LogP contribution in [0.15, 0.2) is 0 Å². The van der Waals surface area contributed by atoms with Gasteiger partial charge in [-0.1, -0.05) is 13.8 Å². The number of halogens is 4. The van der Waals surface area contributed by atoms with Crippen LogP contribution in [0.4, 0.5) is 17.6 Å². The molecule has 3 nitrogen and oxygen atoms in total. The van der Waals surface area contributed by atoms with Gasteiger partial charge >= 0.3 is 12.3 Å². The summed E-state index contributed by atoms with van der Waals surface area (Å²) < 4.78 is 52.6. The van der Waals surface area contributed by atoms with Crippen molar-refractivity contribution in [1.82, 2.24) is 14.9 Å². The number of fused-ring (bicyclic) bond motifs is 1. The highest BCUT2D eigenvalue weighted by molar-refractivity contribution is 5.22. The molecule has 0 bridgehead atoms. The van der Waals surface area contributed by atoms with Crippen LogP contribution in [0.3, 0.4) is 0 Å². The van der Waals surface area contributed by atoms with E-state index < -0.39 is 18.9 Å². The molecule has 0 atom stereocenters. The second kappa shape index (κ2) is 5.11. The Morgan fingerprint density at radius 3 is 2.63 bits per heavy atom. The van der Waals surface area contributed by atoms with Gasteiger partial charge in [-0.05, 0) is 0 Å². The number of imidazole rings is 1. The normalized spacial score (nSPS) is 16.2. The minimum absolute atomic E-state index is 0.0842. The van der Waals surface area contributed by atoms with Gasteiger partial charge in [0.05, 0.1) is 12.2 Å². The van der Waals surface area contributed by atoms with Crippen LogP contribution in [0, 0.1) is 0 Å². The van der Waals surface area contributed by atoms with E-state index in [1.807, 2.05) is 13.8 Å². The maximum absolute atomic E-state index is 13.3. The van der Waals surface area contributed by atoms with Gasteiger partial charge in [-0.15, -0.1) is 0 Å². The average Bonchev–Trinajstić information content (AvgIpc) is 2.68. The number of nitrogens with zero attached hydrogens (tertiary/aromatic N) is 2. The van der Waals surface area contributed by atoms with Crippen LogP contribution < -0.4 is 5.32 Å². The van der Waals surface area contributed by atoms with Crippen molar-refractivity contribution in [3.8, 4) is 0 Å². The predicted octanol–water partition coefficient (Wildman–Crippen LogP) is 2.55. The summed E-state index contributed by atoms with van der Waals surface area (Å²) in [7, 11) is 0. The summed E-state index contributed by atoms with van der Waals surface area (Å²) in [6.45, 7) is 3.79. The molecule has 0 radical (unpaired) electrons. The zero-order chi connectivity index (χ0) is 14.2. The minimum Gasteiger partial charge on any atom is -0.325 e. The Hall–Kier alpha value is -1.11. The number of hydrogen-bond acceptors (Lipinski definition) is 2. The molecule has 0 unspecified atom stereocenters. The van der Waals surface area contributed by atoms with E-state index in [0.29, 0.717) is 36.7 Å². The number of hydrogen-bond donors (Lipinski definition) is 1. The van der Waals surface area contributed by atoms with E-state index in [2.05, 4.69) is 10.3 Å².